The number of hydrogen-bond acceptors (Lipinski definition) is 11. The number of aliphatic hydroxyl groups is 2. The number of ether oxygens (including phenoxy) is 5. The third kappa shape index (κ3) is 4.20. The number of fused-ring (bicyclic) bond motifs is 3. The maximum Gasteiger partial charge on any atom is 0.202 e. The van der Waals surface area contributed by atoms with Crippen LogP contribution in [0.4, 0.5) is 0 Å². The lowest BCUT2D eigenvalue weighted by Crippen LogP contribution is -2.52. The second-order valence-electron chi connectivity index (χ2n) is 10.5. The molecule has 0 bridgehead atoms. The summed E-state index contributed by atoms with van der Waals surface area (Å²) in [5.74, 6) is -1.14. The molecular formula is C29H33NO10. The number of nitrogens with two attached hydrogens (primary N) is 1. The quantitative estimate of drug-likeness (QED) is 0.405. The standard InChI is InChI=1S/C29H33NO10/c1-12-24(32)16(30)9-19(39-12)40-18-11-29(35,13(2)31)10-15-21(18)28(38-5)23-22(27(15)37-4)25(33)14-7-6-8-17(36-3)20(14)26(23)34/h6-8,12,16,18-19,24,32,35H,9-11,30H2,1-5H3. The second-order valence-corrected chi connectivity index (χ2v) is 10.5. The van der Waals surface area contributed by atoms with Crippen LogP contribution in [0.1, 0.15) is 75.8 Å². The molecule has 3 aliphatic rings. The van der Waals surface area contributed by atoms with Gasteiger partial charge in [0.15, 0.2) is 17.9 Å². The van der Waals surface area contributed by atoms with E-state index in [1.807, 2.05) is 0 Å². The highest BCUT2D eigenvalue weighted by Crippen LogP contribution is 2.53. The molecule has 0 spiro atoms. The first-order valence-electron chi connectivity index (χ1n) is 13.0. The molecule has 40 heavy (non-hydrogen) atoms. The van der Waals surface area contributed by atoms with Gasteiger partial charge in [-0.1, -0.05) is 12.1 Å². The average molecular weight is 556 g/mol. The maximum atomic E-state index is 14.0. The number of hydrogen-bond donors (Lipinski definition) is 3. The van der Waals surface area contributed by atoms with Crippen molar-refractivity contribution in [1.29, 1.82) is 0 Å². The van der Waals surface area contributed by atoms with Crippen LogP contribution in [0.3, 0.4) is 0 Å². The van der Waals surface area contributed by atoms with E-state index in [4.69, 9.17) is 29.4 Å². The number of carbonyl (C=O) groups is 3. The van der Waals surface area contributed by atoms with Crippen LogP contribution >= 0.6 is 0 Å². The predicted molar refractivity (Wildman–Crippen MR) is 140 cm³/mol. The SMILES string of the molecule is COc1cccc2c1C(=O)c1c(OC)c3c(c(OC)c1C2=O)CC(O)(C(C)=O)CC3OC1CC(N)C(O)C(C)O1. The minimum absolute atomic E-state index is 0.0213. The van der Waals surface area contributed by atoms with Gasteiger partial charge in [0.25, 0.3) is 0 Å². The normalized spacial score (nSPS) is 29.2. The summed E-state index contributed by atoms with van der Waals surface area (Å²) in [6.45, 7) is 2.93. The molecule has 5 rings (SSSR count). The van der Waals surface area contributed by atoms with E-state index in [0.717, 1.165) is 0 Å². The molecule has 0 saturated carbocycles. The number of benzene rings is 2. The number of aliphatic hydroxyl groups excluding tert-OH is 1. The summed E-state index contributed by atoms with van der Waals surface area (Å²) >= 11 is 0. The van der Waals surface area contributed by atoms with Crippen molar-refractivity contribution in [3.8, 4) is 17.2 Å². The van der Waals surface area contributed by atoms with Crippen LogP contribution in [-0.2, 0) is 20.7 Å². The summed E-state index contributed by atoms with van der Waals surface area (Å²) in [6.07, 6.45) is -3.68. The van der Waals surface area contributed by atoms with E-state index in [0.29, 0.717) is 11.1 Å². The van der Waals surface area contributed by atoms with E-state index in [1.54, 1.807) is 19.1 Å². The van der Waals surface area contributed by atoms with Gasteiger partial charge in [-0.2, -0.15) is 0 Å². The lowest BCUT2D eigenvalue weighted by Gasteiger charge is -2.42. The Morgan fingerprint density at radius 1 is 1.05 bits per heavy atom. The lowest BCUT2D eigenvalue weighted by atomic mass is 9.72. The molecule has 2 aromatic carbocycles. The average Bonchev–Trinajstić information content (AvgIpc) is 2.92. The fourth-order valence-corrected chi connectivity index (χ4v) is 6.06. The first-order valence-corrected chi connectivity index (χ1v) is 13.0. The van der Waals surface area contributed by atoms with Crippen LogP contribution in [0.2, 0.25) is 0 Å². The Hall–Kier alpha value is -3.35. The predicted octanol–water partition coefficient (Wildman–Crippen LogP) is 1.63. The van der Waals surface area contributed by atoms with E-state index in [1.165, 1.54) is 34.3 Å². The van der Waals surface area contributed by atoms with Gasteiger partial charge in [0.1, 0.15) is 22.8 Å². The van der Waals surface area contributed by atoms with Gasteiger partial charge in [-0.25, -0.2) is 0 Å². The molecule has 1 saturated heterocycles. The van der Waals surface area contributed by atoms with E-state index >= 15 is 0 Å². The van der Waals surface area contributed by atoms with Crippen LogP contribution in [0.25, 0.3) is 0 Å². The summed E-state index contributed by atoms with van der Waals surface area (Å²) in [4.78, 5) is 40.6. The van der Waals surface area contributed by atoms with Crippen molar-refractivity contribution in [2.75, 3.05) is 21.3 Å². The zero-order valence-corrected chi connectivity index (χ0v) is 23.0. The summed E-state index contributed by atoms with van der Waals surface area (Å²) in [6, 6.07) is 4.10. The number of carbonyl (C=O) groups excluding carboxylic acids is 3. The Morgan fingerprint density at radius 3 is 2.33 bits per heavy atom. The molecular weight excluding hydrogens is 522 g/mol. The Labute approximate surface area is 231 Å². The minimum atomic E-state index is -1.87. The van der Waals surface area contributed by atoms with Gasteiger partial charge in [0.05, 0.1) is 56.3 Å². The van der Waals surface area contributed by atoms with Gasteiger partial charge in [-0.15, -0.1) is 0 Å². The van der Waals surface area contributed by atoms with Crippen molar-refractivity contribution in [2.45, 2.75) is 69.4 Å². The van der Waals surface area contributed by atoms with Gasteiger partial charge in [0, 0.05) is 42.0 Å². The van der Waals surface area contributed by atoms with Gasteiger partial charge in [-0.3, -0.25) is 14.4 Å². The fraction of sp³-hybridized carbons (Fsp3) is 0.483. The molecule has 6 unspecified atom stereocenters. The first-order chi connectivity index (χ1) is 19.0. The topological polar surface area (TPSA) is 164 Å². The van der Waals surface area contributed by atoms with Crippen molar-refractivity contribution >= 4 is 17.3 Å². The van der Waals surface area contributed by atoms with Crippen LogP contribution in [0.5, 0.6) is 17.2 Å². The Morgan fingerprint density at radius 2 is 1.73 bits per heavy atom. The largest absolute Gasteiger partial charge is 0.496 e. The Kier molecular flexibility index (Phi) is 7.22. The summed E-state index contributed by atoms with van der Waals surface area (Å²) in [7, 11) is 4.13. The van der Waals surface area contributed by atoms with E-state index in [-0.39, 0.29) is 58.8 Å². The van der Waals surface area contributed by atoms with Crippen LogP contribution < -0.4 is 19.9 Å². The highest BCUT2D eigenvalue weighted by molar-refractivity contribution is 6.31. The molecule has 1 heterocycles. The highest BCUT2D eigenvalue weighted by atomic mass is 16.7. The highest BCUT2D eigenvalue weighted by Gasteiger charge is 2.50. The molecule has 214 valence electrons. The molecule has 0 amide bonds. The summed E-state index contributed by atoms with van der Waals surface area (Å²) in [5.41, 5.74) is 5.10. The minimum Gasteiger partial charge on any atom is -0.496 e. The van der Waals surface area contributed by atoms with Crippen LogP contribution in [-0.4, -0.2) is 79.0 Å². The molecule has 6 atom stereocenters. The number of ketones is 3. The van der Waals surface area contributed by atoms with Gasteiger partial charge in [0.2, 0.25) is 5.78 Å². The van der Waals surface area contributed by atoms with Crippen molar-refractivity contribution in [3.63, 3.8) is 0 Å². The van der Waals surface area contributed by atoms with E-state index in [2.05, 4.69) is 0 Å². The molecule has 2 aromatic rings. The van der Waals surface area contributed by atoms with Crippen LogP contribution in [0.15, 0.2) is 18.2 Å². The molecule has 11 nitrogen and oxygen atoms in total. The molecule has 0 aromatic heterocycles. The van der Waals surface area contributed by atoms with Gasteiger partial charge < -0.3 is 39.6 Å². The second kappa shape index (κ2) is 10.2. The number of rotatable bonds is 6. The van der Waals surface area contributed by atoms with E-state index in [9.17, 15) is 24.6 Å². The van der Waals surface area contributed by atoms with Crippen molar-refractivity contribution < 1.29 is 48.3 Å². The Bertz CT molecular complexity index is 1390. The lowest BCUT2D eigenvalue weighted by molar-refractivity contribution is -0.247. The molecule has 11 heteroatoms. The van der Waals surface area contributed by atoms with E-state index < -0.39 is 53.6 Å². The molecule has 4 N–H and O–H groups in total. The molecule has 2 aliphatic carbocycles. The molecule has 1 fully saturated rings. The summed E-state index contributed by atoms with van der Waals surface area (Å²) < 4.78 is 29.1. The first kappa shape index (κ1) is 28.2. The van der Waals surface area contributed by atoms with Crippen molar-refractivity contribution in [3.05, 3.63) is 51.6 Å². The summed E-state index contributed by atoms with van der Waals surface area (Å²) in [5, 5.41) is 21.7. The van der Waals surface area contributed by atoms with Crippen LogP contribution in [0, 0.1) is 0 Å². The van der Waals surface area contributed by atoms with Crippen molar-refractivity contribution in [1.82, 2.24) is 0 Å². The molecule has 0 radical (unpaired) electrons. The third-order valence-electron chi connectivity index (χ3n) is 8.16. The molecule has 1 aliphatic heterocycles. The zero-order valence-electron chi connectivity index (χ0n) is 23.0. The smallest absolute Gasteiger partial charge is 0.202 e. The zero-order chi connectivity index (χ0) is 29.1. The number of Topliss-reactive ketones (excluding diaryl/α,β-unsaturated/α-hetero) is 1. The van der Waals surface area contributed by atoms with Gasteiger partial charge in [-0.05, 0) is 19.9 Å². The van der Waals surface area contributed by atoms with Crippen molar-refractivity contribution in [2.24, 2.45) is 5.73 Å². The monoisotopic (exact) mass is 555 g/mol. The fourth-order valence-electron chi connectivity index (χ4n) is 6.06. The Balaban J connectivity index is 1.75. The number of methoxy groups -OCH3 is 3. The van der Waals surface area contributed by atoms with Gasteiger partial charge >= 0.3 is 0 Å². The third-order valence-corrected chi connectivity index (χ3v) is 8.16. The maximum absolute atomic E-state index is 14.0.